The van der Waals surface area contributed by atoms with Gasteiger partial charge in [-0.25, -0.2) is 14.8 Å². The van der Waals surface area contributed by atoms with Crippen LogP contribution < -0.4 is 27.0 Å². The highest BCUT2D eigenvalue weighted by molar-refractivity contribution is 5.97. The summed E-state index contributed by atoms with van der Waals surface area (Å²) in [4.78, 5) is 49.2. The maximum Gasteiger partial charge on any atom is 0.326 e. The number of guanidine groups is 1. The summed E-state index contributed by atoms with van der Waals surface area (Å²) >= 11 is 0. The maximum absolute atomic E-state index is 12.6. The Kier molecular flexibility index (Phi) is 10.8. The minimum Gasteiger partial charge on any atom is -0.480 e. The molecule has 2 aromatic rings. The van der Waals surface area contributed by atoms with Gasteiger partial charge in [-0.2, -0.15) is 4.99 Å². The van der Waals surface area contributed by atoms with Crippen molar-refractivity contribution in [3.8, 4) is 0 Å². The van der Waals surface area contributed by atoms with Gasteiger partial charge < -0.3 is 32.1 Å². The summed E-state index contributed by atoms with van der Waals surface area (Å²) in [7, 11) is 0. The first-order chi connectivity index (χ1) is 18.8. The van der Waals surface area contributed by atoms with Crippen LogP contribution in [0.5, 0.6) is 0 Å². The molecule has 0 spiro atoms. The number of aliphatic imine (C=N–C) groups is 1. The van der Waals surface area contributed by atoms with Crippen molar-refractivity contribution >= 4 is 40.9 Å². The molecule has 39 heavy (non-hydrogen) atoms. The van der Waals surface area contributed by atoms with Crippen LogP contribution in [0, 0.1) is 0 Å². The fraction of sp³-hybridized carbons (Fsp3) is 0.407. The topological polar surface area (TPSA) is 184 Å². The van der Waals surface area contributed by atoms with Gasteiger partial charge in [-0.05, 0) is 37.1 Å². The molecule has 0 bridgehead atoms. The van der Waals surface area contributed by atoms with Crippen molar-refractivity contribution < 1.29 is 19.5 Å². The van der Waals surface area contributed by atoms with Crippen molar-refractivity contribution in [1.29, 1.82) is 0 Å². The lowest BCUT2D eigenvalue weighted by Gasteiger charge is -2.16. The second-order valence-electron chi connectivity index (χ2n) is 9.23. The molecule has 1 aromatic carbocycles. The van der Waals surface area contributed by atoms with Crippen molar-refractivity contribution in [1.82, 2.24) is 25.9 Å². The SMILES string of the molecule is C=C1NC(N)=Nc2ncc(CNc3ccc(C(=O)N[C@@H](CCC(=O)NCCCCCCC)C(=O)O)cc3)nc21. The number of anilines is 1. The van der Waals surface area contributed by atoms with Gasteiger partial charge in [0, 0.05) is 24.2 Å². The molecule has 0 unspecified atom stereocenters. The van der Waals surface area contributed by atoms with E-state index in [-0.39, 0.29) is 24.7 Å². The minimum absolute atomic E-state index is 0.00401. The number of carbonyl (C=O) groups excluding carboxylic acids is 2. The van der Waals surface area contributed by atoms with Gasteiger partial charge in [-0.15, -0.1) is 0 Å². The molecule has 12 heteroatoms. The number of benzene rings is 1. The summed E-state index contributed by atoms with van der Waals surface area (Å²) in [6.07, 6.45) is 7.03. The van der Waals surface area contributed by atoms with Crippen LogP contribution in [0.1, 0.15) is 73.6 Å². The number of aliphatic carboxylic acids is 1. The van der Waals surface area contributed by atoms with E-state index >= 15 is 0 Å². The predicted molar refractivity (Wildman–Crippen MR) is 149 cm³/mol. The first kappa shape index (κ1) is 29.1. The smallest absolute Gasteiger partial charge is 0.326 e. The highest BCUT2D eigenvalue weighted by Crippen LogP contribution is 2.23. The molecule has 1 aliphatic heterocycles. The molecule has 0 fully saturated rings. The van der Waals surface area contributed by atoms with E-state index in [2.05, 4.69) is 49.7 Å². The molecule has 3 rings (SSSR count). The van der Waals surface area contributed by atoms with Crippen LogP contribution in [0.15, 0.2) is 42.0 Å². The molecular weight excluding hydrogens is 500 g/mol. The van der Waals surface area contributed by atoms with E-state index < -0.39 is 17.9 Å². The molecule has 2 amide bonds. The molecule has 0 aliphatic carbocycles. The van der Waals surface area contributed by atoms with E-state index in [1.54, 1.807) is 30.5 Å². The number of nitrogens with two attached hydrogens (primary N) is 1. The monoisotopic (exact) mass is 536 g/mol. The third-order valence-corrected chi connectivity index (χ3v) is 6.08. The van der Waals surface area contributed by atoms with Gasteiger partial charge in [-0.3, -0.25) is 9.59 Å². The van der Waals surface area contributed by atoms with E-state index in [4.69, 9.17) is 5.73 Å². The van der Waals surface area contributed by atoms with Crippen molar-refractivity contribution in [3.05, 3.63) is 54.0 Å². The summed E-state index contributed by atoms with van der Waals surface area (Å²) < 4.78 is 0. The van der Waals surface area contributed by atoms with Crippen LogP contribution in [0.25, 0.3) is 5.70 Å². The zero-order valence-electron chi connectivity index (χ0n) is 22.1. The molecule has 1 aliphatic rings. The van der Waals surface area contributed by atoms with Gasteiger partial charge in [0.15, 0.2) is 11.8 Å². The Hall–Kier alpha value is -4.48. The van der Waals surface area contributed by atoms with E-state index in [1.807, 2.05) is 0 Å². The Labute approximate surface area is 227 Å². The summed E-state index contributed by atoms with van der Waals surface area (Å²) in [5.41, 5.74) is 8.38. The number of nitrogens with one attached hydrogen (secondary N) is 4. The summed E-state index contributed by atoms with van der Waals surface area (Å²) in [5.74, 6) is -1.33. The van der Waals surface area contributed by atoms with Crippen LogP contribution in [-0.4, -0.2) is 51.4 Å². The predicted octanol–water partition coefficient (Wildman–Crippen LogP) is 2.66. The second kappa shape index (κ2) is 14.5. The number of nitrogens with zero attached hydrogens (tertiary/aromatic N) is 3. The van der Waals surface area contributed by atoms with Gasteiger partial charge in [0.2, 0.25) is 5.91 Å². The number of carbonyl (C=O) groups is 3. The Morgan fingerprint density at radius 2 is 1.87 bits per heavy atom. The Bertz CT molecular complexity index is 1210. The third kappa shape index (κ3) is 9.09. The fourth-order valence-electron chi connectivity index (χ4n) is 3.90. The van der Waals surface area contributed by atoms with Crippen LogP contribution in [0.4, 0.5) is 11.5 Å². The highest BCUT2D eigenvalue weighted by atomic mass is 16.4. The van der Waals surface area contributed by atoms with Crippen molar-refractivity contribution in [2.75, 3.05) is 11.9 Å². The van der Waals surface area contributed by atoms with Crippen molar-refractivity contribution in [2.45, 2.75) is 64.5 Å². The normalized spacial score (nSPS) is 12.9. The Balaban J connectivity index is 1.46. The largest absolute Gasteiger partial charge is 0.480 e. The van der Waals surface area contributed by atoms with E-state index in [9.17, 15) is 19.5 Å². The summed E-state index contributed by atoms with van der Waals surface area (Å²) in [5, 5.41) is 20.8. The molecule has 1 aromatic heterocycles. The number of unbranched alkanes of at least 4 members (excludes halogenated alkanes) is 4. The van der Waals surface area contributed by atoms with Crippen LogP contribution in [-0.2, 0) is 16.1 Å². The van der Waals surface area contributed by atoms with E-state index in [0.29, 0.717) is 41.6 Å². The molecule has 1 atom stereocenters. The zero-order chi connectivity index (χ0) is 28.2. The van der Waals surface area contributed by atoms with Gasteiger partial charge in [0.05, 0.1) is 24.1 Å². The quantitative estimate of drug-likeness (QED) is 0.186. The molecule has 7 N–H and O–H groups in total. The number of carboxylic acid groups (broad SMARTS) is 1. The Morgan fingerprint density at radius 1 is 1.13 bits per heavy atom. The molecule has 2 heterocycles. The number of hydrogen-bond donors (Lipinski definition) is 6. The molecular formula is C27H36N8O4. The third-order valence-electron chi connectivity index (χ3n) is 6.08. The maximum atomic E-state index is 12.6. The van der Waals surface area contributed by atoms with Crippen LogP contribution in [0.2, 0.25) is 0 Å². The summed E-state index contributed by atoms with van der Waals surface area (Å²) in [6, 6.07) is 5.41. The van der Waals surface area contributed by atoms with E-state index in [0.717, 1.165) is 31.4 Å². The number of carboxylic acids is 1. The lowest BCUT2D eigenvalue weighted by atomic mass is 10.1. The highest BCUT2D eigenvalue weighted by Gasteiger charge is 2.22. The second-order valence-corrected chi connectivity index (χ2v) is 9.23. The Morgan fingerprint density at radius 3 is 2.59 bits per heavy atom. The van der Waals surface area contributed by atoms with Gasteiger partial charge in [0.25, 0.3) is 5.91 Å². The standard InChI is InChI=1S/C27H36N8O4/c1-3-4-5-6-7-14-29-22(36)13-12-21(26(38)39)34-25(37)18-8-10-19(11-9-18)30-15-20-16-31-24-23(33-20)17(2)32-27(28)35-24/h8-11,16,21,30H,2-7,12-15H2,1H3,(H,29,36)(H,34,37)(H,38,39)(H3,28,31,32,35)/t21-/m0/s1. The van der Waals surface area contributed by atoms with Crippen LogP contribution in [0.3, 0.4) is 0 Å². The number of amides is 2. The van der Waals surface area contributed by atoms with Gasteiger partial charge in [0.1, 0.15) is 11.7 Å². The first-order valence-electron chi connectivity index (χ1n) is 13.1. The number of aromatic nitrogens is 2. The number of rotatable bonds is 15. The average Bonchev–Trinajstić information content (AvgIpc) is 2.91. The van der Waals surface area contributed by atoms with Gasteiger partial charge >= 0.3 is 5.97 Å². The zero-order valence-corrected chi connectivity index (χ0v) is 22.1. The molecule has 0 saturated carbocycles. The lowest BCUT2D eigenvalue weighted by Crippen LogP contribution is -2.41. The minimum atomic E-state index is -1.19. The van der Waals surface area contributed by atoms with Gasteiger partial charge in [-0.1, -0.05) is 39.2 Å². The molecule has 0 saturated heterocycles. The molecule has 208 valence electrons. The fourth-order valence-corrected chi connectivity index (χ4v) is 3.90. The average molecular weight is 537 g/mol. The van der Waals surface area contributed by atoms with Crippen molar-refractivity contribution in [3.63, 3.8) is 0 Å². The molecule has 12 nitrogen and oxygen atoms in total. The molecule has 0 radical (unpaired) electrons. The lowest BCUT2D eigenvalue weighted by molar-refractivity contribution is -0.139. The first-order valence-corrected chi connectivity index (χ1v) is 13.1. The summed E-state index contributed by atoms with van der Waals surface area (Å²) in [6.45, 7) is 6.95. The van der Waals surface area contributed by atoms with E-state index in [1.165, 1.54) is 6.42 Å². The van der Waals surface area contributed by atoms with Crippen molar-refractivity contribution in [2.24, 2.45) is 10.7 Å². The number of fused-ring (bicyclic) bond motifs is 1. The number of hydrogen-bond acceptors (Lipinski definition) is 9. The van der Waals surface area contributed by atoms with Crippen LogP contribution >= 0.6 is 0 Å².